The second kappa shape index (κ2) is 9.28. The highest BCUT2D eigenvalue weighted by molar-refractivity contribution is 5.82. The number of halogens is 3. The number of hydrogen-bond acceptors (Lipinski definition) is 5. The second-order valence-electron chi connectivity index (χ2n) is 8.85. The maximum absolute atomic E-state index is 13.0. The van der Waals surface area contributed by atoms with Gasteiger partial charge in [-0.2, -0.15) is 18.7 Å². The molecule has 2 saturated heterocycles. The number of piperidine rings is 1. The van der Waals surface area contributed by atoms with E-state index < -0.39 is 18.3 Å². The van der Waals surface area contributed by atoms with Crippen LogP contribution < -0.4 is 21.6 Å². The van der Waals surface area contributed by atoms with E-state index in [0.717, 1.165) is 38.8 Å². The number of amides is 1. The van der Waals surface area contributed by atoms with Crippen LogP contribution in [0.1, 0.15) is 58.8 Å². The maximum Gasteiger partial charge on any atom is 0.403 e. The molecule has 9 heteroatoms. The Hall–Kier alpha value is -0.900. The zero-order valence-corrected chi connectivity index (χ0v) is 16.8. The van der Waals surface area contributed by atoms with Crippen LogP contribution in [-0.4, -0.2) is 54.3 Å². The molecule has 2 aliphatic heterocycles. The molecule has 6 atom stereocenters. The van der Waals surface area contributed by atoms with Gasteiger partial charge in [0.15, 0.2) is 0 Å². The predicted octanol–water partition coefficient (Wildman–Crippen LogP) is 2.08. The molecular weight excluding hydrogens is 371 g/mol. The van der Waals surface area contributed by atoms with Crippen LogP contribution >= 0.6 is 0 Å². The van der Waals surface area contributed by atoms with E-state index in [-0.39, 0.29) is 18.4 Å². The van der Waals surface area contributed by atoms with E-state index in [2.05, 4.69) is 40.5 Å². The molecule has 162 valence electrons. The number of carbonyl (C=O) groups is 1. The van der Waals surface area contributed by atoms with E-state index in [1.807, 2.05) is 0 Å². The fraction of sp³-hybridized carbons (Fsp3) is 0.947. The summed E-state index contributed by atoms with van der Waals surface area (Å²) >= 11 is 0. The van der Waals surface area contributed by atoms with Crippen LogP contribution in [0, 0.1) is 11.8 Å². The molecule has 3 fully saturated rings. The number of carbonyl (C=O) groups excluding carboxylic acids is 1. The Balaban J connectivity index is 1.48. The Morgan fingerprint density at radius 3 is 2.64 bits per heavy atom. The third-order valence-corrected chi connectivity index (χ3v) is 6.60. The molecule has 0 radical (unpaired) electrons. The third-order valence-electron chi connectivity index (χ3n) is 6.60. The highest BCUT2D eigenvalue weighted by Crippen LogP contribution is 2.32. The van der Waals surface area contributed by atoms with Gasteiger partial charge in [-0.1, -0.05) is 13.3 Å². The summed E-state index contributed by atoms with van der Waals surface area (Å²) in [5.74, 6) is 0.721. The van der Waals surface area contributed by atoms with Crippen molar-refractivity contribution in [1.29, 1.82) is 0 Å². The third kappa shape index (κ3) is 5.58. The van der Waals surface area contributed by atoms with Crippen molar-refractivity contribution in [2.45, 2.75) is 89.1 Å². The molecule has 1 aliphatic carbocycles. The van der Waals surface area contributed by atoms with Crippen molar-refractivity contribution >= 4 is 5.91 Å². The average molecular weight is 406 g/mol. The first-order valence-corrected chi connectivity index (χ1v) is 10.6. The summed E-state index contributed by atoms with van der Waals surface area (Å²) in [7, 11) is 0. The Kier molecular flexibility index (Phi) is 7.22. The molecule has 28 heavy (non-hydrogen) atoms. The summed E-state index contributed by atoms with van der Waals surface area (Å²) in [5, 5.41) is 7.77. The lowest BCUT2D eigenvalue weighted by Gasteiger charge is -2.37. The van der Waals surface area contributed by atoms with Crippen LogP contribution in [0.4, 0.5) is 13.2 Å². The number of alkyl halides is 3. The van der Waals surface area contributed by atoms with Crippen LogP contribution in [-0.2, 0) is 4.79 Å². The van der Waals surface area contributed by atoms with E-state index in [9.17, 15) is 18.0 Å². The van der Waals surface area contributed by atoms with Gasteiger partial charge in [0.2, 0.25) is 5.91 Å². The number of hydrogen-bond donors (Lipinski definition) is 4. The molecule has 5 unspecified atom stereocenters. The number of nitrogens with zero attached hydrogens (tertiary/aromatic N) is 1. The minimum Gasteiger partial charge on any atom is -0.352 e. The highest BCUT2D eigenvalue weighted by Gasteiger charge is 2.43. The standard InChI is InChI=1S/C19H34F3N5O/c1-12(11-27-13(2)10-23-26-27)14-5-3-6-15(9-14)24-18(28)16-7-4-8-17(25-16)19(20,21)22/h12-17,23,25-26H,3-11H2,1-2H3,(H,24,28)/t12-,13?,14?,15?,16?,17?/m1/s1. The normalized spacial score (nSPS) is 36.2. The van der Waals surface area contributed by atoms with Gasteiger partial charge < -0.3 is 5.32 Å². The molecule has 0 aromatic heterocycles. The van der Waals surface area contributed by atoms with E-state index in [4.69, 9.17) is 0 Å². The first-order valence-electron chi connectivity index (χ1n) is 10.6. The SMILES string of the molecule is CC1CNNN1C[C@@H](C)C1CCCC(NC(=O)C2CCCC(C(F)(F)F)N2)C1. The molecule has 3 rings (SSSR count). The molecule has 0 bridgehead atoms. The van der Waals surface area contributed by atoms with E-state index in [0.29, 0.717) is 30.7 Å². The van der Waals surface area contributed by atoms with Crippen molar-refractivity contribution in [2.75, 3.05) is 13.1 Å². The molecule has 1 saturated carbocycles. The molecule has 0 aromatic carbocycles. The molecule has 6 nitrogen and oxygen atoms in total. The summed E-state index contributed by atoms with van der Waals surface area (Å²) in [4.78, 5) is 12.6. The Labute approximate surface area is 165 Å². The fourth-order valence-electron chi connectivity index (χ4n) is 4.78. The minimum atomic E-state index is -4.29. The van der Waals surface area contributed by atoms with Crippen LogP contribution in [0.3, 0.4) is 0 Å². The zero-order chi connectivity index (χ0) is 20.3. The van der Waals surface area contributed by atoms with Crippen molar-refractivity contribution < 1.29 is 18.0 Å². The molecular formula is C19H34F3N5O. The monoisotopic (exact) mass is 405 g/mol. The van der Waals surface area contributed by atoms with Crippen molar-refractivity contribution in [2.24, 2.45) is 11.8 Å². The lowest BCUT2D eigenvalue weighted by atomic mass is 9.78. The van der Waals surface area contributed by atoms with E-state index in [1.165, 1.54) is 0 Å². The van der Waals surface area contributed by atoms with Crippen molar-refractivity contribution in [3.8, 4) is 0 Å². The molecule has 0 spiro atoms. The molecule has 1 amide bonds. The van der Waals surface area contributed by atoms with Crippen molar-refractivity contribution in [3.05, 3.63) is 0 Å². The summed E-state index contributed by atoms with van der Waals surface area (Å²) in [5.41, 5.74) is 6.34. The fourth-order valence-corrected chi connectivity index (χ4v) is 4.78. The highest BCUT2D eigenvalue weighted by atomic mass is 19.4. The topological polar surface area (TPSA) is 68.4 Å². The van der Waals surface area contributed by atoms with Gasteiger partial charge in [0.25, 0.3) is 0 Å². The second-order valence-corrected chi connectivity index (χ2v) is 8.85. The first-order chi connectivity index (χ1) is 13.2. The van der Waals surface area contributed by atoms with Gasteiger partial charge in [-0.3, -0.25) is 10.1 Å². The van der Waals surface area contributed by atoms with Crippen molar-refractivity contribution in [3.63, 3.8) is 0 Å². The van der Waals surface area contributed by atoms with E-state index >= 15 is 0 Å². The number of hydrazine groups is 2. The molecule has 4 N–H and O–H groups in total. The lowest BCUT2D eigenvalue weighted by molar-refractivity contribution is -0.164. The quantitative estimate of drug-likeness (QED) is 0.564. The predicted molar refractivity (Wildman–Crippen MR) is 101 cm³/mol. The number of rotatable bonds is 5. The van der Waals surface area contributed by atoms with Crippen molar-refractivity contribution in [1.82, 2.24) is 26.6 Å². The van der Waals surface area contributed by atoms with Crippen LogP contribution in [0.2, 0.25) is 0 Å². The summed E-state index contributed by atoms with van der Waals surface area (Å²) in [6, 6.07) is -1.80. The van der Waals surface area contributed by atoms with Gasteiger partial charge in [-0.05, 0) is 57.3 Å². The van der Waals surface area contributed by atoms with Gasteiger partial charge in [0.1, 0.15) is 6.04 Å². The van der Waals surface area contributed by atoms with Crippen LogP contribution in [0.5, 0.6) is 0 Å². The van der Waals surface area contributed by atoms with E-state index in [1.54, 1.807) is 0 Å². The lowest BCUT2D eigenvalue weighted by Crippen LogP contribution is -2.57. The minimum absolute atomic E-state index is 0.0497. The van der Waals surface area contributed by atoms with Gasteiger partial charge in [-0.25, -0.2) is 10.4 Å². The Bertz CT molecular complexity index is 532. The largest absolute Gasteiger partial charge is 0.403 e. The number of nitrogens with one attached hydrogen (secondary N) is 4. The van der Waals surface area contributed by atoms with Crippen LogP contribution in [0.25, 0.3) is 0 Å². The van der Waals surface area contributed by atoms with Gasteiger partial charge >= 0.3 is 6.18 Å². The average Bonchev–Trinajstić information content (AvgIpc) is 3.06. The summed E-state index contributed by atoms with van der Waals surface area (Å²) in [6.45, 7) is 6.29. The van der Waals surface area contributed by atoms with Crippen LogP contribution in [0.15, 0.2) is 0 Å². The molecule has 0 aromatic rings. The maximum atomic E-state index is 13.0. The Morgan fingerprint density at radius 2 is 1.96 bits per heavy atom. The van der Waals surface area contributed by atoms with Gasteiger partial charge in [0.05, 0.1) is 6.04 Å². The van der Waals surface area contributed by atoms with Gasteiger partial charge in [0, 0.05) is 25.2 Å². The summed E-state index contributed by atoms with van der Waals surface area (Å²) in [6.07, 6.45) is 0.646. The first kappa shape index (κ1) is 21.8. The summed E-state index contributed by atoms with van der Waals surface area (Å²) < 4.78 is 38.9. The van der Waals surface area contributed by atoms with Gasteiger partial charge in [-0.15, -0.1) is 0 Å². The molecule has 3 aliphatic rings. The zero-order valence-electron chi connectivity index (χ0n) is 16.8. The smallest absolute Gasteiger partial charge is 0.352 e. The molecule has 2 heterocycles. The Morgan fingerprint density at radius 1 is 1.21 bits per heavy atom.